The second-order valence-electron chi connectivity index (χ2n) is 10.1. The van der Waals surface area contributed by atoms with Gasteiger partial charge in [0.25, 0.3) is 0 Å². The standard InChI is InChI=1S/C28H32N2O5/c31-26(30-25-11-5-10-23(25)27(32)33)15-17-12-13-18(14-17)29-28(34)35-16-24-21-8-3-1-6-19(21)20-7-2-4-9-22(20)24/h1-4,6-9,17-18,23-25H,5,10-16H2,(H,29,34)(H,30,31)(H,32,33)/t17-,18+,23?,25?/m1/s1. The predicted octanol–water partition coefficient (Wildman–Crippen LogP) is 4.45. The quantitative estimate of drug-likeness (QED) is 0.548. The van der Waals surface area contributed by atoms with Crippen molar-refractivity contribution >= 4 is 18.0 Å². The Labute approximate surface area is 205 Å². The van der Waals surface area contributed by atoms with Gasteiger partial charge in [-0.15, -0.1) is 0 Å². The number of hydrogen-bond donors (Lipinski definition) is 3. The van der Waals surface area contributed by atoms with Crippen LogP contribution in [0.25, 0.3) is 11.1 Å². The molecule has 2 saturated carbocycles. The molecule has 0 bridgehead atoms. The molecule has 2 amide bonds. The molecule has 3 aliphatic rings. The number of fused-ring (bicyclic) bond motifs is 3. The largest absolute Gasteiger partial charge is 0.481 e. The Morgan fingerprint density at radius 2 is 1.57 bits per heavy atom. The fraction of sp³-hybridized carbons (Fsp3) is 0.464. The number of rotatable bonds is 7. The van der Waals surface area contributed by atoms with E-state index in [1.165, 1.54) is 22.3 Å². The van der Waals surface area contributed by atoms with E-state index in [0.29, 0.717) is 12.8 Å². The number of nitrogens with one attached hydrogen (secondary N) is 2. The molecule has 7 nitrogen and oxygen atoms in total. The van der Waals surface area contributed by atoms with Crippen LogP contribution in [0.1, 0.15) is 62.0 Å². The monoisotopic (exact) mass is 476 g/mol. The third kappa shape index (κ3) is 5.04. The van der Waals surface area contributed by atoms with Crippen LogP contribution in [-0.2, 0) is 14.3 Å². The molecule has 0 aromatic heterocycles. The highest BCUT2D eigenvalue weighted by molar-refractivity contribution is 5.79. The third-order valence-electron chi connectivity index (χ3n) is 7.86. The van der Waals surface area contributed by atoms with Gasteiger partial charge in [0.1, 0.15) is 6.61 Å². The number of carboxylic acid groups (broad SMARTS) is 1. The van der Waals surface area contributed by atoms with Crippen molar-refractivity contribution in [1.29, 1.82) is 0 Å². The molecule has 2 unspecified atom stereocenters. The van der Waals surface area contributed by atoms with Crippen molar-refractivity contribution < 1.29 is 24.2 Å². The normalized spacial score (nSPS) is 25.0. The molecule has 2 fully saturated rings. The first-order chi connectivity index (χ1) is 17.0. The molecule has 184 valence electrons. The van der Waals surface area contributed by atoms with E-state index in [0.717, 1.165) is 32.1 Å². The summed E-state index contributed by atoms with van der Waals surface area (Å²) in [4.78, 5) is 36.4. The van der Waals surface area contributed by atoms with Gasteiger partial charge in [-0.25, -0.2) is 4.79 Å². The Morgan fingerprint density at radius 1 is 0.886 bits per heavy atom. The Bertz CT molecular complexity index is 1070. The average Bonchev–Trinajstić information content (AvgIpc) is 3.56. The van der Waals surface area contributed by atoms with Crippen LogP contribution in [0.15, 0.2) is 48.5 Å². The second kappa shape index (κ2) is 10.1. The Hall–Kier alpha value is -3.35. The van der Waals surface area contributed by atoms with Gasteiger partial charge in [-0.2, -0.15) is 0 Å². The van der Waals surface area contributed by atoms with E-state index in [1.54, 1.807) is 0 Å². The summed E-state index contributed by atoms with van der Waals surface area (Å²) in [5.74, 6) is -1.20. The van der Waals surface area contributed by atoms with Gasteiger partial charge in [0, 0.05) is 24.4 Å². The molecule has 2 aromatic carbocycles. The van der Waals surface area contributed by atoms with Crippen molar-refractivity contribution in [2.75, 3.05) is 6.61 Å². The van der Waals surface area contributed by atoms with Gasteiger partial charge >= 0.3 is 12.1 Å². The number of carbonyl (C=O) groups excluding carboxylic acids is 2. The highest BCUT2D eigenvalue weighted by atomic mass is 16.5. The molecule has 0 heterocycles. The SMILES string of the molecule is O=C(C[C@@H]1CC[C@H](NC(=O)OCC2c3ccccc3-c3ccccc32)C1)NC1CCCC1C(=O)O. The van der Waals surface area contributed by atoms with E-state index in [9.17, 15) is 19.5 Å². The van der Waals surface area contributed by atoms with Gasteiger partial charge in [0.2, 0.25) is 5.91 Å². The molecule has 4 atom stereocenters. The fourth-order valence-electron chi connectivity index (χ4n) is 6.15. The van der Waals surface area contributed by atoms with Gasteiger partial charge in [-0.05, 0) is 60.3 Å². The first kappa shape index (κ1) is 23.4. The summed E-state index contributed by atoms with van der Waals surface area (Å²) in [5, 5.41) is 15.2. The zero-order chi connectivity index (χ0) is 24.4. The van der Waals surface area contributed by atoms with Crippen molar-refractivity contribution in [2.45, 2.75) is 62.9 Å². The lowest BCUT2D eigenvalue weighted by Crippen LogP contribution is -2.40. The van der Waals surface area contributed by atoms with Crippen LogP contribution in [0, 0.1) is 11.8 Å². The Morgan fingerprint density at radius 3 is 2.26 bits per heavy atom. The summed E-state index contributed by atoms with van der Waals surface area (Å²) in [6.45, 7) is 0.282. The van der Waals surface area contributed by atoms with Crippen LogP contribution in [0.4, 0.5) is 4.79 Å². The van der Waals surface area contributed by atoms with Crippen LogP contribution in [-0.4, -0.2) is 41.8 Å². The number of aliphatic carboxylic acids is 1. The van der Waals surface area contributed by atoms with E-state index >= 15 is 0 Å². The molecule has 0 aliphatic heterocycles. The number of benzene rings is 2. The smallest absolute Gasteiger partial charge is 0.407 e. The van der Waals surface area contributed by atoms with E-state index in [4.69, 9.17) is 4.74 Å². The molecule has 35 heavy (non-hydrogen) atoms. The van der Waals surface area contributed by atoms with Crippen LogP contribution < -0.4 is 10.6 Å². The topological polar surface area (TPSA) is 105 Å². The Balaban J connectivity index is 1.09. The van der Waals surface area contributed by atoms with Gasteiger partial charge in [0.05, 0.1) is 5.92 Å². The zero-order valence-electron chi connectivity index (χ0n) is 19.7. The zero-order valence-corrected chi connectivity index (χ0v) is 19.7. The summed E-state index contributed by atoms with van der Waals surface area (Å²) < 4.78 is 5.66. The van der Waals surface area contributed by atoms with E-state index in [-0.39, 0.29) is 36.4 Å². The lowest BCUT2D eigenvalue weighted by molar-refractivity contribution is -0.142. The summed E-state index contributed by atoms with van der Waals surface area (Å²) in [5.41, 5.74) is 4.75. The highest BCUT2D eigenvalue weighted by Gasteiger charge is 2.35. The number of alkyl carbamates (subject to hydrolysis) is 1. The molecule has 0 spiro atoms. The highest BCUT2D eigenvalue weighted by Crippen LogP contribution is 2.44. The van der Waals surface area contributed by atoms with Crippen molar-refractivity contribution in [1.82, 2.24) is 10.6 Å². The molecule has 7 heteroatoms. The maximum Gasteiger partial charge on any atom is 0.407 e. The minimum absolute atomic E-state index is 0.0123. The minimum atomic E-state index is -0.832. The van der Waals surface area contributed by atoms with Crippen LogP contribution in [0.3, 0.4) is 0 Å². The molecule has 5 rings (SSSR count). The van der Waals surface area contributed by atoms with Crippen LogP contribution in [0.5, 0.6) is 0 Å². The summed E-state index contributed by atoms with van der Waals surface area (Å²) in [7, 11) is 0. The van der Waals surface area contributed by atoms with Crippen molar-refractivity contribution in [2.24, 2.45) is 11.8 Å². The number of ether oxygens (including phenoxy) is 1. The third-order valence-corrected chi connectivity index (χ3v) is 7.86. The average molecular weight is 477 g/mol. The first-order valence-corrected chi connectivity index (χ1v) is 12.6. The molecular formula is C28H32N2O5. The van der Waals surface area contributed by atoms with Gasteiger partial charge in [0.15, 0.2) is 0 Å². The molecule has 3 N–H and O–H groups in total. The number of carboxylic acids is 1. The minimum Gasteiger partial charge on any atom is -0.481 e. The second-order valence-corrected chi connectivity index (χ2v) is 10.1. The van der Waals surface area contributed by atoms with E-state index < -0.39 is 18.0 Å². The van der Waals surface area contributed by atoms with Crippen molar-refractivity contribution in [3.8, 4) is 11.1 Å². The van der Waals surface area contributed by atoms with E-state index in [2.05, 4.69) is 34.9 Å². The lowest BCUT2D eigenvalue weighted by atomic mass is 9.98. The van der Waals surface area contributed by atoms with Crippen molar-refractivity contribution in [3.63, 3.8) is 0 Å². The maximum absolute atomic E-state index is 12.6. The maximum atomic E-state index is 12.6. The molecule has 0 radical (unpaired) electrons. The molecule has 2 aromatic rings. The summed E-state index contributed by atoms with van der Waals surface area (Å²) >= 11 is 0. The first-order valence-electron chi connectivity index (χ1n) is 12.6. The van der Waals surface area contributed by atoms with Crippen molar-refractivity contribution in [3.05, 3.63) is 59.7 Å². The lowest BCUT2D eigenvalue weighted by Gasteiger charge is -2.19. The van der Waals surface area contributed by atoms with Gasteiger partial charge in [-0.3, -0.25) is 9.59 Å². The summed E-state index contributed by atoms with van der Waals surface area (Å²) in [6.07, 6.45) is 4.51. The van der Waals surface area contributed by atoms with Gasteiger partial charge in [-0.1, -0.05) is 55.0 Å². The number of carbonyl (C=O) groups is 3. The molecule has 0 saturated heterocycles. The summed E-state index contributed by atoms with van der Waals surface area (Å²) in [6, 6.07) is 16.2. The predicted molar refractivity (Wildman–Crippen MR) is 131 cm³/mol. The Kier molecular flexibility index (Phi) is 6.75. The van der Waals surface area contributed by atoms with Crippen LogP contribution in [0.2, 0.25) is 0 Å². The molecule has 3 aliphatic carbocycles. The van der Waals surface area contributed by atoms with Gasteiger partial charge < -0.3 is 20.5 Å². The molecular weight excluding hydrogens is 444 g/mol. The van der Waals surface area contributed by atoms with E-state index in [1.807, 2.05) is 24.3 Å². The fourth-order valence-corrected chi connectivity index (χ4v) is 6.15. The number of amides is 2. The van der Waals surface area contributed by atoms with Crippen LogP contribution >= 0.6 is 0 Å². The number of hydrogen-bond acceptors (Lipinski definition) is 4.